The van der Waals surface area contributed by atoms with Crippen molar-refractivity contribution in [3.8, 4) is 0 Å². The number of amides is 1. The number of thiophene rings is 1. The van der Waals surface area contributed by atoms with Gasteiger partial charge in [-0.05, 0) is 37.7 Å². The number of carboxylic acid groups (broad SMARTS) is 1. The molecule has 0 atom stereocenters. The third-order valence-corrected chi connectivity index (χ3v) is 4.53. The molecule has 1 heterocycles. The van der Waals surface area contributed by atoms with Crippen LogP contribution in [0.25, 0.3) is 0 Å². The number of aryl methyl sites for hydroxylation is 1. The second kappa shape index (κ2) is 3.84. The van der Waals surface area contributed by atoms with Crippen LogP contribution >= 0.6 is 11.3 Å². The topological polar surface area (TPSA) is 66.4 Å². The lowest BCUT2D eigenvalue weighted by atomic mass is 10.1. The van der Waals surface area contributed by atoms with Gasteiger partial charge in [-0.1, -0.05) is 0 Å². The minimum absolute atomic E-state index is 0.0209. The minimum atomic E-state index is -0.921. The Balaban J connectivity index is 1.92. The van der Waals surface area contributed by atoms with Crippen LogP contribution in [0.15, 0.2) is 0 Å². The van der Waals surface area contributed by atoms with E-state index in [1.165, 1.54) is 11.3 Å². The maximum atomic E-state index is 11.7. The van der Waals surface area contributed by atoms with Crippen molar-refractivity contribution in [1.82, 2.24) is 0 Å². The molecular formula is C12H13NO3S. The van der Waals surface area contributed by atoms with E-state index in [2.05, 4.69) is 5.32 Å². The van der Waals surface area contributed by atoms with E-state index in [1.807, 2.05) is 0 Å². The van der Waals surface area contributed by atoms with Crippen molar-refractivity contribution in [2.75, 3.05) is 5.32 Å². The second-order valence-electron chi connectivity index (χ2n) is 4.63. The van der Waals surface area contributed by atoms with E-state index in [0.29, 0.717) is 10.6 Å². The van der Waals surface area contributed by atoms with Gasteiger partial charge in [-0.2, -0.15) is 0 Å². The average molecular weight is 251 g/mol. The fourth-order valence-electron chi connectivity index (χ4n) is 2.28. The first-order chi connectivity index (χ1) is 8.16. The predicted molar refractivity (Wildman–Crippen MR) is 64.7 cm³/mol. The van der Waals surface area contributed by atoms with Crippen molar-refractivity contribution >= 4 is 28.2 Å². The van der Waals surface area contributed by atoms with Crippen LogP contribution in [0.4, 0.5) is 5.00 Å². The molecule has 0 saturated heterocycles. The van der Waals surface area contributed by atoms with Gasteiger partial charge < -0.3 is 10.4 Å². The van der Waals surface area contributed by atoms with Crippen LogP contribution in [0, 0.1) is 5.92 Å². The number of hydrogen-bond donors (Lipinski definition) is 2. The van der Waals surface area contributed by atoms with Gasteiger partial charge in [0.05, 0.1) is 5.56 Å². The number of hydrogen-bond acceptors (Lipinski definition) is 3. The summed E-state index contributed by atoms with van der Waals surface area (Å²) in [4.78, 5) is 24.1. The standard InChI is InChI=1S/C12H13NO3S/c14-10(6-4-5-6)13-11-9(12(15)16)7-2-1-3-8(7)17-11/h6H,1-5H2,(H,13,14)(H,15,16). The van der Waals surface area contributed by atoms with Crippen LogP contribution in [-0.4, -0.2) is 17.0 Å². The van der Waals surface area contributed by atoms with Crippen molar-refractivity contribution < 1.29 is 14.7 Å². The lowest BCUT2D eigenvalue weighted by Gasteiger charge is -2.03. The number of rotatable bonds is 3. The third kappa shape index (κ3) is 1.84. The first kappa shape index (κ1) is 10.8. The summed E-state index contributed by atoms with van der Waals surface area (Å²) in [6.07, 6.45) is 4.66. The smallest absolute Gasteiger partial charge is 0.339 e. The van der Waals surface area contributed by atoms with Gasteiger partial charge in [0.25, 0.3) is 0 Å². The minimum Gasteiger partial charge on any atom is -0.478 e. The second-order valence-corrected chi connectivity index (χ2v) is 5.74. The van der Waals surface area contributed by atoms with E-state index in [0.717, 1.165) is 42.5 Å². The molecule has 5 heteroatoms. The Morgan fingerprint density at radius 1 is 1.29 bits per heavy atom. The number of nitrogens with one attached hydrogen (secondary N) is 1. The van der Waals surface area contributed by atoms with Gasteiger partial charge in [0.2, 0.25) is 5.91 Å². The zero-order valence-corrected chi connectivity index (χ0v) is 10.1. The largest absolute Gasteiger partial charge is 0.478 e. The quantitative estimate of drug-likeness (QED) is 0.866. The van der Waals surface area contributed by atoms with Crippen LogP contribution in [0.5, 0.6) is 0 Å². The highest BCUT2D eigenvalue weighted by molar-refractivity contribution is 7.17. The molecule has 17 heavy (non-hydrogen) atoms. The van der Waals surface area contributed by atoms with Crippen molar-refractivity contribution in [2.24, 2.45) is 5.92 Å². The van der Waals surface area contributed by atoms with Crippen LogP contribution in [-0.2, 0) is 17.6 Å². The summed E-state index contributed by atoms with van der Waals surface area (Å²) >= 11 is 1.44. The molecular weight excluding hydrogens is 238 g/mol. The van der Waals surface area contributed by atoms with Gasteiger partial charge >= 0.3 is 5.97 Å². The monoisotopic (exact) mass is 251 g/mol. The molecule has 1 aromatic rings. The molecule has 0 bridgehead atoms. The molecule has 0 aromatic carbocycles. The molecule has 2 aliphatic carbocycles. The van der Waals surface area contributed by atoms with Gasteiger partial charge in [-0.25, -0.2) is 4.79 Å². The lowest BCUT2D eigenvalue weighted by Crippen LogP contribution is -2.15. The molecule has 3 rings (SSSR count). The van der Waals surface area contributed by atoms with Gasteiger partial charge in [-0.3, -0.25) is 4.79 Å². The maximum absolute atomic E-state index is 11.7. The van der Waals surface area contributed by atoms with E-state index >= 15 is 0 Å². The Labute approximate surface area is 103 Å². The van der Waals surface area contributed by atoms with Crippen LogP contribution < -0.4 is 5.32 Å². The van der Waals surface area contributed by atoms with Crippen molar-refractivity contribution in [3.63, 3.8) is 0 Å². The summed E-state index contributed by atoms with van der Waals surface area (Å²) in [5, 5.41) is 12.6. The number of carbonyl (C=O) groups is 2. The summed E-state index contributed by atoms with van der Waals surface area (Å²) in [5.74, 6) is -0.837. The van der Waals surface area contributed by atoms with Crippen LogP contribution in [0.3, 0.4) is 0 Å². The summed E-state index contributed by atoms with van der Waals surface area (Å²) in [6, 6.07) is 0. The van der Waals surface area contributed by atoms with Gasteiger partial charge in [0.1, 0.15) is 5.00 Å². The molecule has 2 N–H and O–H groups in total. The summed E-state index contributed by atoms with van der Waals surface area (Å²) in [6.45, 7) is 0. The number of fused-ring (bicyclic) bond motifs is 1. The van der Waals surface area contributed by atoms with E-state index in [-0.39, 0.29) is 11.8 Å². The van der Waals surface area contributed by atoms with E-state index in [1.54, 1.807) is 0 Å². The first-order valence-electron chi connectivity index (χ1n) is 5.85. The van der Waals surface area contributed by atoms with Gasteiger partial charge in [0, 0.05) is 10.8 Å². The van der Waals surface area contributed by atoms with Crippen molar-refractivity contribution in [3.05, 3.63) is 16.0 Å². The fourth-order valence-corrected chi connectivity index (χ4v) is 3.56. The van der Waals surface area contributed by atoms with E-state index in [9.17, 15) is 14.7 Å². The number of carbonyl (C=O) groups excluding carboxylic acids is 1. The Morgan fingerprint density at radius 3 is 2.71 bits per heavy atom. The molecule has 1 aromatic heterocycles. The highest BCUT2D eigenvalue weighted by Gasteiger charge is 2.32. The normalized spacial score (nSPS) is 17.9. The average Bonchev–Trinajstić information content (AvgIpc) is 2.92. The lowest BCUT2D eigenvalue weighted by molar-refractivity contribution is -0.117. The van der Waals surface area contributed by atoms with E-state index < -0.39 is 5.97 Å². The third-order valence-electron chi connectivity index (χ3n) is 3.32. The fraction of sp³-hybridized carbons (Fsp3) is 0.500. The van der Waals surface area contributed by atoms with Gasteiger partial charge in [-0.15, -0.1) is 11.3 Å². The zero-order valence-electron chi connectivity index (χ0n) is 9.28. The molecule has 1 amide bonds. The van der Waals surface area contributed by atoms with Crippen molar-refractivity contribution in [1.29, 1.82) is 0 Å². The van der Waals surface area contributed by atoms with Gasteiger partial charge in [0.15, 0.2) is 0 Å². The summed E-state index contributed by atoms with van der Waals surface area (Å²) in [7, 11) is 0. The summed E-state index contributed by atoms with van der Waals surface area (Å²) in [5.41, 5.74) is 1.27. The number of aromatic carboxylic acids is 1. The molecule has 0 unspecified atom stereocenters. The first-order valence-corrected chi connectivity index (χ1v) is 6.67. The van der Waals surface area contributed by atoms with Crippen LogP contribution in [0.2, 0.25) is 0 Å². The van der Waals surface area contributed by atoms with Crippen LogP contribution in [0.1, 0.15) is 40.1 Å². The Kier molecular flexibility index (Phi) is 2.43. The zero-order chi connectivity index (χ0) is 12.0. The molecule has 4 nitrogen and oxygen atoms in total. The molecule has 0 aliphatic heterocycles. The molecule has 90 valence electrons. The SMILES string of the molecule is O=C(O)c1c(NC(=O)C2CC2)sc2c1CCC2. The highest BCUT2D eigenvalue weighted by Crippen LogP contribution is 2.40. The predicted octanol–water partition coefficient (Wildman–Crippen LogP) is 2.28. The molecule has 0 radical (unpaired) electrons. The Bertz CT molecular complexity index is 502. The maximum Gasteiger partial charge on any atom is 0.339 e. The Hall–Kier alpha value is -1.36. The molecule has 0 spiro atoms. The molecule has 1 fully saturated rings. The molecule has 1 saturated carbocycles. The van der Waals surface area contributed by atoms with E-state index in [4.69, 9.17) is 0 Å². The summed E-state index contributed by atoms with van der Waals surface area (Å²) < 4.78 is 0. The van der Waals surface area contributed by atoms with Crippen molar-refractivity contribution in [2.45, 2.75) is 32.1 Å². The molecule has 2 aliphatic rings. The number of anilines is 1. The number of carboxylic acids is 1. The Morgan fingerprint density at radius 2 is 2.06 bits per heavy atom. The highest BCUT2D eigenvalue weighted by atomic mass is 32.1.